The Morgan fingerprint density at radius 2 is 1.82 bits per heavy atom. The number of hydrogen-bond donors (Lipinski definition) is 5. The molecule has 1 aromatic rings. The Morgan fingerprint density at radius 3 is 2.18 bits per heavy atom. The number of carbonyl (C=O) groups is 1. The number of pyridine rings is 1. The van der Waals surface area contributed by atoms with Gasteiger partial charge in [0.15, 0.2) is 0 Å². The highest BCUT2D eigenvalue weighted by Gasteiger charge is 2.28. The molecule has 94 valence electrons. The normalized spacial score (nSPS) is 11.2. The van der Waals surface area contributed by atoms with Crippen LogP contribution >= 0.6 is 0 Å². The van der Waals surface area contributed by atoms with Crippen molar-refractivity contribution < 1.29 is 25.2 Å². The molecule has 0 saturated carbocycles. The number of hydrogen-bond acceptors (Lipinski definition) is 6. The molecule has 5 N–H and O–H groups in total. The maximum Gasteiger partial charge on any atom is 0.337 e. The molecule has 1 heterocycles. The SMILES string of the molecule is O=C(O)c1ccc(NC(CO)(CO)CO)nc1. The lowest BCUT2D eigenvalue weighted by atomic mass is 10.0. The van der Waals surface area contributed by atoms with Gasteiger partial charge in [0.2, 0.25) is 0 Å². The Bertz CT molecular complexity index is 367. The molecule has 7 nitrogen and oxygen atoms in total. The highest BCUT2D eigenvalue weighted by molar-refractivity contribution is 5.87. The van der Waals surface area contributed by atoms with E-state index in [1.807, 2.05) is 0 Å². The predicted molar refractivity (Wildman–Crippen MR) is 58.8 cm³/mol. The van der Waals surface area contributed by atoms with Gasteiger partial charge in [0.25, 0.3) is 0 Å². The minimum absolute atomic E-state index is 0.0261. The van der Waals surface area contributed by atoms with Gasteiger partial charge < -0.3 is 25.7 Å². The van der Waals surface area contributed by atoms with Crippen molar-refractivity contribution in [1.82, 2.24) is 4.98 Å². The van der Waals surface area contributed by atoms with Gasteiger partial charge in [-0.25, -0.2) is 9.78 Å². The first kappa shape index (κ1) is 13.4. The zero-order chi connectivity index (χ0) is 12.9. The van der Waals surface area contributed by atoms with Gasteiger partial charge in [0.1, 0.15) is 11.4 Å². The molecule has 1 aromatic heterocycles. The van der Waals surface area contributed by atoms with Crippen molar-refractivity contribution in [2.75, 3.05) is 25.1 Å². The van der Waals surface area contributed by atoms with Gasteiger partial charge in [-0.05, 0) is 12.1 Å². The van der Waals surface area contributed by atoms with Crippen LogP contribution in [0.3, 0.4) is 0 Å². The molecule has 1 rings (SSSR count). The van der Waals surface area contributed by atoms with Crippen LogP contribution in [0.1, 0.15) is 10.4 Å². The van der Waals surface area contributed by atoms with Crippen LogP contribution in [0.4, 0.5) is 5.82 Å². The van der Waals surface area contributed by atoms with Crippen LogP contribution in [-0.2, 0) is 0 Å². The number of carboxylic acid groups (broad SMARTS) is 1. The van der Waals surface area contributed by atoms with E-state index in [-0.39, 0.29) is 11.4 Å². The standard InChI is InChI=1S/C10H14N2O5/c13-4-10(5-14,6-15)12-8-2-1-7(3-11-8)9(16)17/h1-3,13-15H,4-6H2,(H,11,12)(H,16,17). The molecular weight excluding hydrogens is 228 g/mol. The molecule has 0 amide bonds. The first-order valence-corrected chi connectivity index (χ1v) is 4.87. The summed E-state index contributed by atoms with van der Waals surface area (Å²) in [5, 5.41) is 38.5. The summed E-state index contributed by atoms with van der Waals surface area (Å²) < 4.78 is 0. The van der Waals surface area contributed by atoms with Gasteiger partial charge in [-0.2, -0.15) is 0 Å². The van der Waals surface area contributed by atoms with E-state index >= 15 is 0 Å². The molecule has 0 radical (unpaired) electrons. The maximum atomic E-state index is 10.6. The van der Waals surface area contributed by atoms with Crippen LogP contribution in [0.2, 0.25) is 0 Å². The van der Waals surface area contributed by atoms with E-state index in [0.717, 1.165) is 6.20 Å². The summed E-state index contributed by atoms with van der Waals surface area (Å²) in [5.74, 6) is -0.839. The zero-order valence-electron chi connectivity index (χ0n) is 9.00. The number of aromatic carboxylic acids is 1. The number of carboxylic acids is 1. The molecule has 0 fully saturated rings. The third-order valence-corrected chi connectivity index (χ3v) is 2.31. The molecule has 17 heavy (non-hydrogen) atoms. The fourth-order valence-corrected chi connectivity index (χ4v) is 1.13. The highest BCUT2D eigenvalue weighted by Crippen LogP contribution is 2.13. The summed E-state index contributed by atoms with van der Waals surface area (Å²) in [6.07, 6.45) is 1.14. The largest absolute Gasteiger partial charge is 0.478 e. The third-order valence-electron chi connectivity index (χ3n) is 2.31. The van der Waals surface area contributed by atoms with Gasteiger partial charge in [0, 0.05) is 6.20 Å². The molecular formula is C10H14N2O5. The number of rotatable bonds is 6. The summed E-state index contributed by atoms with van der Waals surface area (Å²) >= 11 is 0. The molecule has 0 spiro atoms. The summed E-state index contributed by atoms with van der Waals surface area (Å²) in [7, 11) is 0. The molecule has 0 aliphatic rings. The Kier molecular flexibility index (Phi) is 4.38. The van der Waals surface area contributed by atoms with Crippen molar-refractivity contribution in [3.8, 4) is 0 Å². The average Bonchev–Trinajstić information content (AvgIpc) is 2.37. The van der Waals surface area contributed by atoms with Crippen molar-refractivity contribution in [2.24, 2.45) is 0 Å². The fraction of sp³-hybridized carbons (Fsp3) is 0.400. The second-order valence-electron chi connectivity index (χ2n) is 3.62. The van der Waals surface area contributed by atoms with Crippen molar-refractivity contribution in [2.45, 2.75) is 5.54 Å². The quantitative estimate of drug-likeness (QED) is 0.429. The zero-order valence-corrected chi connectivity index (χ0v) is 9.00. The number of aliphatic hydroxyl groups is 3. The summed E-state index contributed by atoms with van der Waals surface area (Å²) in [6.45, 7) is -1.45. The maximum absolute atomic E-state index is 10.6. The lowest BCUT2D eigenvalue weighted by Crippen LogP contribution is -2.49. The lowest BCUT2D eigenvalue weighted by molar-refractivity contribution is 0.0695. The first-order chi connectivity index (χ1) is 8.06. The Labute approximate surface area is 97.4 Å². The highest BCUT2D eigenvalue weighted by atomic mass is 16.4. The molecule has 0 aliphatic carbocycles. The smallest absolute Gasteiger partial charge is 0.337 e. The minimum Gasteiger partial charge on any atom is -0.478 e. The van der Waals surface area contributed by atoms with Crippen LogP contribution < -0.4 is 5.32 Å². The number of nitrogens with zero attached hydrogens (tertiary/aromatic N) is 1. The van der Waals surface area contributed by atoms with Gasteiger partial charge in [-0.15, -0.1) is 0 Å². The Morgan fingerprint density at radius 1 is 1.24 bits per heavy atom. The summed E-state index contributed by atoms with van der Waals surface area (Å²) in [5.41, 5.74) is -1.25. The molecule has 0 aromatic carbocycles. The summed E-state index contributed by atoms with van der Waals surface area (Å²) in [4.78, 5) is 14.4. The predicted octanol–water partition coefficient (Wildman–Crippen LogP) is -1.09. The van der Waals surface area contributed by atoms with Crippen LogP contribution in [0.25, 0.3) is 0 Å². The van der Waals surface area contributed by atoms with Gasteiger partial charge >= 0.3 is 5.97 Å². The molecule has 0 atom stereocenters. The summed E-state index contributed by atoms with van der Waals surface area (Å²) in [6, 6.07) is 2.72. The van der Waals surface area contributed by atoms with Crippen molar-refractivity contribution in [3.05, 3.63) is 23.9 Å². The van der Waals surface area contributed by atoms with Crippen molar-refractivity contribution in [3.63, 3.8) is 0 Å². The van der Waals surface area contributed by atoms with Crippen LogP contribution in [0, 0.1) is 0 Å². The lowest BCUT2D eigenvalue weighted by Gasteiger charge is -2.29. The molecule has 0 saturated heterocycles. The number of aliphatic hydroxyl groups excluding tert-OH is 3. The van der Waals surface area contributed by atoms with Crippen LogP contribution in [0.15, 0.2) is 18.3 Å². The number of anilines is 1. The average molecular weight is 242 g/mol. The number of nitrogens with one attached hydrogen (secondary N) is 1. The molecule has 0 bridgehead atoms. The Hall–Kier alpha value is -1.70. The minimum atomic E-state index is -1.28. The van der Waals surface area contributed by atoms with Crippen molar-refractivity contribution in [1.29, 1.82) is 0 Å². The van der Waals surface area contributed by atoms with E-state index in [1.165, 1.54) is 12.1 Å². The molecule has 0 unspecified atom stereocenters. The van der Waals surface area contributed by atoms with E-state index in [2.05, 4.69) is 10.3 Å². The van der Waals surface area contributed by atoms with E-state index in [0.29, 0.717) is 0 Å². The number of aromatic nitrogens is 1. The third kappa shape index (κ3) is 3.13. The molecule has 7 heteroatoms. The van der Waals surface area contributed by atoms with E-state index in [1.54, 1.807) is 0 Å². The molecule has 0 aliphatic heterocycles. The van der Waals surface area contributed by atoms with Crippen LogP contribution in [0.5, 0.6) is 0 Å². The van der Waals surface area contributed by atoms with Gasteiger partial charge in [0.05, 0.1) is 25.4 Å². The van der Waals surface area contributed by atoms with E-state index in [4.69, 9.17) is 20.4 Å². The van der Waals surface area contributed by atoms with Gasteiger partial charge in [-0.1, -0.05) is 0 Å². The van der Waals surface area contributed by atoms with E-state index < -0.39 is 31.3 Å². The second-order valence-corrected chi connectivity index (χ2v) is 3.62. The van der Waals surface area contributed by atoms with E-state index in [9.17, 15) is 4.79 Å². The Balaban J connectivity index is 2.84. The second kappa shape index (κ2) is 5.58. The van der Waals surface area contributed by atoms with Crippen molar-refractivity contribution >= 4 is 11.8 Å². The topological polar surface area (TPSA) is 123 Å². The first-order valence-electron chi connectivity index (χ1n) is 4.87. The van der Waals surface area contributed by atoms with Crippen LogP contribution in [-0.4, -0.2) is 56.7 Å². The monoisotopic (exact) mass is 242 g/mol. The fourth-order valence-electron chi connectivity index (χ4n) is 1.13. The van der Waals surface area contributed by atoms with Gasteiger partial charge in [-0.3, -0.25) is 0 Å².